The van der Waals surface area contributed by atoms with Crippen LogP contribution < -0.4 is 0 Å². The molecule has 0 amide bonds. The Hall–Kier alpha value is -6.23. The van der Waals surface area contributed by atoms with Crippen LogP contribution in [0.4, 0.5) is 5.69 Å². The van der Waals surface area contributed by atoms with Crippen LogP contribution in [0.5, 0.6) is 0 Å². The number of aliphatic imine (C=N–C) groups is 2. The van der Waals surface area contributed by atoms with E-state index in [4.69, 9.17) is 9.97 Å². The number of nitrogens with zero attached hydrogens (tertiary/aromatic N) is 7. The first-order chi connectivity index (χ1) is 20.1. The first kappa shape index (κ1) is 25.1. The smallest absolute Gasteiger partial charge is 0.218 e. The lowest BCUT2D eigenvalue weighted by molar-refractivity contribution is 1.12. The van der Waals surface area contributed by atoms with Crippen molar-refractivity contribution in [1.82, 2.24) is 9.97 Å². The molecule has 190 valence electrons. The van der Waals surface area contributed by atoms with Gasteiger partial charge in [-0.1, -0.05) is 78.9 Å². The van der Waals surface area contributed by atoms with Crippen molar-refractivity contribution in [3.05, 3.63) is 114 Å². The molecule has 6 rings (SSSR count). The van der Waals surface area contributed by atoms with Gasteiger partial charge in [-0.2, -0.15) is 20.8 Å². The molecule has 1 aliphatic carbocycles. The molecule has 0 unspecified atom stereocenters. The number of benzene rings is 4. The van der Waals surface area contributed by atoms with Gasteiger partial charge in [-0.05, 0) is 47.4 Å². The number of aryl methyl sites for hydroxylation is 1. The lowest BCUT2D eigenvalue weighted by atomic mass is 9.99. The van der Waals surface area contributed by atoms with Crippen molar-refractivity contribution in [3.8, 4) is 63.1 Å². The van der Waals surface area contributed by atoms with Crippen molar-refractivity contribution in [2.45, 2.75) is 6.92 Å². The van der Waals surface area contributed by atoms with Gasteiger partial charge < -0.3 is 0 Å². The number of rotatable bonds is 4. The van der Waals surface area contributed by atoms with Crippen molar-refractivity contribution in [3.63, 3.8) is 0 Å². The van der Waals surface area contributed by atoms with Crippen molar-refractivity contribution in [1.29, 1.82) is 15.8 Å². The predicted octanol–water partition coefficient (Wildman–Crippen LogP) is 7.20. The van der Waals surface area contributed by atoms with Gasteiger partial charge in [0.05, 0.1) is 22.8 Å². The van der Waals surface area contributed by atoms with Crippen LogP contribution in [-0.4, -0.2) is 21.4 Å². The Kier molecular flexibility index (Phi) is 6.42. The highest BCUT2D eigenvalue weighted by Crippen LogP contribution is 2.41. The Morgan fingerprint density at radius 3 is 1.83 bits per heavy atom. The Labute approximate surface area is 236 Å². The molecular formula is C34H19N7. The maximum absolute atomic E-state index is 9.58. The fourth-order valence-corrected chi connectivity index (χ4v) is 5.00. The summed E-state index contributed by atoms with van der Waals surface area (Å²) >= 11 is 0. The molecule has 7 nitrogen and oxygen atoms in total. The van der Waals surface area contributed by atoms with Crippen molar-refractivity contribution in [2.75, 3.05) is 0 Å². The van der Waals surface area contributed by atoms with E-state index in [1.807, 2.05) is 122 Å². The Bertz CT molecular complexity index is 2000. The second-order valence-electron chi connectivity index (χ2n) is 9.32. The topological polar surface area (TPSA) is 122 Å². The number of hydrogen-bond donors (Lipinski definition) is 0. The van der Waals surface area contributed by atoms with Gasteiger partial charge in [0.25, 0.3) is 0 Å². The SMILES string of the molecule is Cc1nc2c(nc1-c1ccc(-c3ccccc3)cc1N=C(C#N)C#N)/C(=N/C#N)c1cc(-c3ccccc3)ccc1-2. The minimum absolute atomic E-state index is 0.268. The van der Waals surface area contributed by atoms with Crippen LogP contribution in [0.25, 0.3) is 44.8 Å². The van der Waals surface area contributed by atoms with Crippen LogP contribution in [0.15, 0.2) is 107 Å². The minimum atomic E-state index is -0.268. The first-order valence-corrected chi connectivity index (χ1v) is 12.8. The fraction of sp³-hybridized carbons (Fsp3) is 0.0294. The van der Waals surface area contributed by atoms with Gasteiger partial charge in [-0.3, -0.25) is 0 Å². The second kappa shape index (κ2) is 10.5. The third-order valence-corrected chi connectivity index (χ3v) is 6.90. The van der Waals surface area contributed by atoms with Crippen LogP contribution in [0, 0.1) is 41.0 Å². The molecule has 1 heterocycles. The van der Waals surface area contributed by atoms with E-state index in [0.29, 0.717) is 39.7 Å². The summed E-state index contributed by atoms with van der Waals surface area (Å²) in [4.78, 5) is 18.4. The molecule has 0 fully saturated rings. The largest absolute Gasteiger partial charge is 0.248 e. The van der Waals surface area contributed by atoms with E-state index < -0.39 is 0 Å². The van der Waals surface area contributed by atoms with Gasteiger partial charge in [0.15, 0.2) is 0 Å². The zero-order valence-electron chi connectivity index (χ0n) is 21.9. The van der Waals surface area contributed by atoms with Gasteiger partial charge in [0, 0.05) is 16.7 Å². The van der Waals surface area contributed by atoms with E-state index in [9.17, 15) is 15.8 Å². The summed E-state index contributed by atoms with van der Waals surface area (Å²) in [5.74, 6) is 0. The van der Waals surface area contributed by atoms with Gasteiger partial charge in [-0.25, -0.2) is 15.0 Å². The lowest BCUT2D eigenvalue weighted by Crippen LogP contribution is -2.05. The quantitative estimate of drug-likeness (QED) is 0.178. The molecule has 5 aromatic rings. The molecule has 0 saturated carbocycles. The zero-order valence-corrected chi connectivity index (χ0v) is 21.9. The van der Waals surface area contributed by atoms with E-state index >= 15 is 0 Å². The molecule has 1 aliphatic rings. The Balaban J connectivity index is 1.53. The first-order valence-electron chi connectivity index (χ1n) is 12.8. The average Bonchev–Trinajstić information content (AvgIpc) is 3.31. The summed E-state index contributed by atoms with van der Waals surface area (Å²) in [5.41, 5.74) is 9.04. The Morgan fingerprint density at radius 2 is 1.22 bits per heavy atom. The average molecular weight is 526 g/mol. The van der Waals surface area contributed by atoms with Crippen molar-refractivity contribution >= 4 is 17.1 Å². The third-order valence-electron chi connectivity index (χ3n) is 6.90. The third kappa shape index (κ3) is 4.53. The molecule has 0 spiro atoms. The van der Waals surface area contributed by atoms with Gasteiger partial charge in [-0.15, -0.1) is 0 Å². The van der Waals surface area contributed by atoms with Crippen LogP contribution in [0.3, 0.4) is 0 Å². The van der Waals surface area contributed by atoms with Gasteiger partial charge in [0.2, 0.25) is 11.9 Å². The molecule has 0 saturated heterocycles. The highest BCUT2D eigenvalue weighted by molar-refractivity contribution is 6.23. The number of aromatic nitrogens is 2. The standard InChI is InChI=1S/C34H19N7/c1-21-31(28-15-13-25(23-10-6-3-7-11-23)17-30(28)40-26(18-35)19-36)41-34-32(38-20-37)29-16-24(22-8-4-2-5-9-22)12-14-27(29)33(34)39-21/h2-17H,1H3/b38-32+. The molecule has 41 heavy (non-hydrogen) atoms. The van der Waals surface area contributed by atoms with Crippen LogP contribution in [0.1, 0.15) is 17.0 Å². The van der Waals surface area contributed by atoms with Gasteiger partial charge in [0.1, 0.15) is 23.5 Å². The summed E-state index contributed by atoms with van der Waals surface area (Å²) in [6.07, 6.45) is 1.93. The zero-order chi connectivity index (χ0) is 28.3. The molecule has 0 aliphatic heterocycles. The molecule has 0 N–H and O–H groups in total. The summed E-state index contributed by atoms with van der Waals surface area (Å²) in [5, 5.41) is 28.5. The number of fused-ring (bicyclic) bond motifs is 3. The fourth-order valence-electron chi connectivity index (χ4n) is 5.00. The van der Waals surface area contributed by atoms with E-state index in [2.05, 4.69) is 9.98 Å². The number of hydrogen-bond acceptors (Lipinski definition) is 7. The van der Waals surface area contributed by atoms with Crippen LogP contribution >= 0.6 is 0 Å². The van der Waals surface area contributed by atoms with Crippen molar-refractivity contribution in [2.24, 2.45) is 9.98 Å². The van der Waals surface area contributed by atoms with E-state index in [1.165, 1.54) is 0 Å². The monoisotopic (exact) mass is 525 g/mol. The van der Waals surface area contributed by atoms with Crippen LogP contribution in [0.2, 0.25) is 0 Å². The number of nitriles is 3. The second-order valence-corrected chi connectivity index (χ2v) is 9.32. The lowest BCUT2D eigenvalue weighted by Gasteiger charge is -2.12. The van der Waals surface area contributed by atoms with E-state index in [0.717, 1.165) is 33.4 Å². The van der Waals surface area contributed by atoms with Gasteiger partial charge >= 0.3 is 0 Å². The molecule has 4 aromatic carbocycles. The maximum Gasteiger partial charge on any atom is 0.218 e. The molecule has 0 atom stereocenters. The highest BCUT2D eigenvalue weighted by Gasteiger charge is 2.30. The van der Waals surface area contributed by atoms with E-state index in [1.54, 1.807) is 0 Å². The molecule has 7 heteroatoms. The molecular weight excluding hydrogens is 506 g/mol. The summed E-state index contributed by atoms with van der Waals surface area (Å²) in [6, 6.07) is 35.1. The summed E-state index contributed by atoms with van der Waals surface area (Å²) in [6.45, 7) is 1.86. The summed E-state index contributed by atoms with van der Waals surface area (Å²) < 4.78 is 0. The van der Waals surface area contributed by atoms with Crippen molar-refractivity contribution < 1.29 is 0 Å². The minimum Gasteiger partial charge on any atom is -0.248 e. The predicted molar refractivity (Wildman–Crippen MR) is 158 cm³/mol. The molecule has 1 aromatic heterocycles. The molecule has 0 bridgehead atoms. The highest BCUT2D eigenvalue weighted by atomic mass is 14.9. The van der Waals surface area contributed by atoms with E-state index in [-0.39, 0.29) is 5.71 Å². The summed E-state index contributed by atoms with van der Waals surface area (Å²) in [7, 11) is 0. The Morgan fingerprint density at radius 1 is 0.610 bits per heavy atom. The maximum atomic E-state index is 9.58. The molecule has 0 radical (unpaired) electrons. The van der Waals surface area contributed by atoms with Crippen LogP contribution in [-0.2, 0) is 0 Å². The normalized spacial score (nSPS) is 12.0.